The Morgan fingerprint density at radius 2 is 1.94 bits per heavy atom. The van der Waals surface area contributed by atoms with E-state index in [4.69, 9.17) is 4.74 Å². The summed E-state index contributed by atoms with van der Waals surface area (Å²) in [5.41, 5.74) is 0.663. The molecule has 2 saturated heterocycles. The van der Waals surface area contributed by atoms with Crippen molar-refractivity contribution < 1.29 is 19.1 Å². The molecule has 0 unspecified atom stereocenters. The first-order valence-electron chi connectivity index (χ1n) is 11.7. The Balaban J connectivity index is 1.56. The van der Waals surface area contributed by atoms with E-state index >= 15 is 0 Å². The number of nitrogens with zero attached hydrogens (tertiary/aromatic N) is 1. The standard InChI is InChI=1S/C24H34N4O4S/c1-14(25-4)21(29)27-17-9-11-32-19-13-24(2,3)20(28(19)23(17)31)22(30)26-16-10-12-33-18-8-6-5-7-15(16)18/h5-8,14,16-17,19-20,25H,9-13H2,1-4H3,(H,26,30)(H,27,29)/t14-,16+,17-,19-,20+/m0/s1. The zero-order chi connectivity index (χ0) is 23.8. The van der Waals surface area contributed by atoms with Gasteiger partial charge in [0.25, 0.3) is 0 Å². The van der Waals surface area contributed by atoms with Gasteiger partial charge in [-0.15, -0.1) is 11.8 Å². The van der Waals surface area contributed by atoms with Crippen LogP contribution < -0.4 is 16.0 Å². The Labute approximate surface area is 199 Å². The number of benzene rings is 1. The molecule has 0 aromatic heterocycles. The van der Waals surface area contributed by atoms with Crippen molar-refractivity contribution in [1.82, 2.24) is 20.9 Å². The van der Waals surface area contributed by atoms with E-state index in [0.717, 1.165) is 17.7 Å². The third-order valence-corrected chi connectivity index (χ3v) is 8.09. The Morgan fingerprint density at radius 3 is 2.70 bits per heavy atom. The lowest BCUT2D eigenvalue weighted by Crippen LogP contribution is -2.58. The number of hydrogen-bond acceptors (Lipinski definition) is 6. The fourth-order valence-electron chi connectivity index (χ4n) is 5.02. The number of nitrogens with one attached hydrogen (secondary N) is 3. The normalized spacial score (nSPS) is 29.5. The van der Waals surface area contributed by atoms with Crippen LogP contribution in [0.1, 0.15) is 51.6 Å². The molecular formula is C24H34N4O4S. The molecule has 0 radical (unpaired) electrons. The van der Waals surface area contributed by atoms with Crippen molar-refractivity contribution in [2.24, 2.45) is 5.41 Å². The Morgan fingerprint density at radius 1 is 1.18 bits per heavy atom. The first kappa shape index (κ1) is 24.0. The number of fused-ring (bicyclic) bond motifs is 2. The van der Waals surface area contributed by atoms with Gasteiger partial charge in [-0.1, -0.05) is 32.0 Å². The Hall–Kier alpha value is -2.10. The third kappa shape index (κ3) is 4.76. The minimum Gasteiger partial charge on any atom is -0.358 e. The molecule has 0 saturated carbocycles. The number of rotatable bonds is 5. The van der Waals surface area contributed by atoms with E-state index in [1.165, 1.54) is 4.90 Å². The van der Waals surface area contributed by atoms with Crippen LogP contribution in [0.15, 0.2) is 29.2 Å². The summed E-state index contributed by atoms with van der Waals surface area (Å²) in [5, 5.41) is 8.97. The Kier molecular flexibility index (Phi) is 7.02. The summed E-state index contributed by atoms with van der Waals surface area (Å²) < 4.78 is 6.01. The van der Waals surface area contributed by atoms with Gasteiger partial charge in [0.05, 0.1) is 18.7 Å². The predicted octanol–water partition coefficient (Wildman–Crippen LogP) is 1.81. The lowest BCUT2D eigenvalue weighted by atomic mass is 9.83. The summed E-state index contributed by atoms with van der Waals surface area (Å²) in [6, 6.07) is 6.26. The lowest BCUT2D eigenvalue weighted by Gasteiger charge is -2.35. The first-order chi connectivity index (χ1) is 15.7. The number of carbonyl (C=O) groups is 3. The van der Waals surface area contributed by atoms with Crippen molar-refractivity contribution in [2.75, 3.05) is 19.4 Å². The smallest absolute Gasteiger partial charge is 0.247 e. The largest absolute Gasteiger partial charge is 0.358 e. The van der Waals surface area contributed by atoms with Gasteiger partial charge in [-0.2, -0.15) is 0 Å². The van der Waals surface area contributed by atoms with Crippen LogP contribution in [0.3, 0.4) is 0 Å². The van der Waals surface area contributed by atoms with Gasteiger partial charge in [0.15, 0.2) is 0 Å². The van der Waals surface area contributed by atoms with E-state index < -0.39 is 29.8 Å². The van der Waals surface area contributed by atoms with Crippen molar-refractivity contribution >= 4 is 29.5 Å². The molecule has 8 nitrogen and oxygen atoms in total. The molecule has 180 valence electrons. The van der Waals surface area contributed by atoms with Crippen molar-refractivity contribution in [2.45, 2.75) is 75.3 Å². The van der Waals surface area contributed by atoms with Gasteiger partial charge in [0, 0.05) is 17.1 Å². The second-order valence-electron chi connectivity index (χ2n) is 9.76. The summed E-state index contributed by atoms with van der Waals surface area (Å²) in [7, 11) is 1.70. The average molecular weight is 475 g/mol. The number of carbonyl (C=O) groups excluding carboxylic acids is 3. The zero-order valence-corrected chi connectivity index (χ0v) is 20.5. The second kappa shape index (κ2) is 9.64. The highest BCUT2D eigenvalue weighted by Crippen LogP contribution is 2.43. The van der Waals surface area contributed by atoms with Crippen molar-refractivity contribution in [3.8, 4) is 0 Å². The maximum absolute atomic E-state index is 13.7. The van der Waals surface area contributed by atoms with E-state index in [2.05, 4.69) is 28.1 Å². The first-order valence-corrected chi connectivity index (χ1v) is 12.6. The zero-order valence-electron chi connectivity index (χ0n) is 19.7. The molecule has 1 aromatic rings. The van der Waals surface area contributed by atoms with Gasteiger partial charge < -0.3 is 25.6 Å². The minimum atomic E-state index is -0.714. The molecule has 3 amide bonds. The number of thioether (sulfide) groups is 1. The van der Waals surface area contributed by atoms with Crippen LogP contribution in [0.2, 0.25) is 0 Å². The maximum atomic E-state index is 13.7. The minimum absolute atomic E-state index is 0.0835. The number of hydrogen-bond donors (Lipinski definition) is 3. The van der Waals surface area contributed by atoms with Crippen LogP contribution in [0.5, 0.6) is 0 Å². The summed E-state index contributed by atoms with van der Waals surface area (Å²) in [6.07, 6.45) is 1.33. The summed E-state index contributed by atoms with van der Waals surface area (Å²) >= 11 is 1.80. The fourth-order valence-corrected chi connectivity index (χ4v) is 6.15. The monoisotopic (exact) mass is 474 g/mol. The molecule has 0 spiro atoms. The molecule has 3 heterocycles. The maximum Gasteiger partial charge on any atom is 0.247 e. The van der Waals surface area contributed by atoms with Gasteiger partial charge >= 0.3 is 0 Å². The Bertz CT molecular complexity index is 923. The van der Waals surface area contributed by atoms with Crippen molar-refractivity contribution in [1.29, 1.82) is 0 Å². The molecule has 5 atom stereocenters. The highest BCUT2D eigenvalue weighted by Gasteiger charge is 2.55. The highest BCUT2D eigenvalue weighted by atomic mass is 32.2. The molecule has 3 aliphatic rings. The van der Waals surface area contributed by atoms with E-state index in [9.17, 15) is 14.4 Å². The molecule has 4 rings (SSSR count). The molecule has 33 heavy (non-hydrogen) atoms. The van der Waals surface area contributed by atoms with Crippen molar-refractivity contribution in [3.05, 3.63) is 29.8 Å². The van der Waals surface area contributed by atoms with E-state index in [-0.39, 0.29) is 23.8 Å². The molecule has 3 N–H and O–H groups in total. The van der Waals surface area contributed by atoms with Crippen LogP contribution >= 0.6 is 11.8 Å². The molecule has 3 aliphatic heterocycles. The molecule has 0 aliphatic carbocycles. The van der Waals surface area contributed by atoms with E-state index in [1.807, 2.05) is 26.0 Å². The molecule has 0 bridgehead atoms. The topological polar surface area (TPSA) is 99.8 Å². The summed E-state index contributed by atoms with van der Waals surface area (Å²) in [4.78, 5) is 42.5. The SMILES string of the molecule is CN[C@@H](C)C(=O)N[C@H]1CCO[C@H]2CC(C)(C)[C@@H](C(=O)N[C@@H]3CCSc4ccccc43)N2C1=O. The number of likely N-dealkylation sites (N-methyl/N-ethyl adjacent to an activating group) is 1. The van der Waals surface area contributed by atoms with Gasteiger partial charge in [-0.05, 0) is 43.9 Å². The number of ether oxygens (including phenoxy) is 1. The molecule has 1 aromatic carbocycles. The highest BCUT2D eigenvalue weighted by molar-refractivity contribution is 7.99. The second-order valence-corrected chi connectivity index (χ2v) is 10.9. The van der Waals surface area contributed by atoms with Crippen LogP contribution in [0.25, 0.3) is 0 Å². The van der Waals surface area contributed by atoms with Gasteiger partial charge in [-0.25, -0.2) is 0 Å². The van der Waals surface area contributed by atoms with Crippen molar-refractivity contribution in [3.63, 3.8) is 0 Å². The van der Waals surface area contributed by atoms with Gasteiger partial charge in [-0.3, -0.25) is 14.4 Å². The summed E-state index contributed by atoms with van der Waals surface area (Å²) in [5.74, 6) is 0.272. The quantitative estimate of drug-likeness (QED) is 0.602. The van der Waals surface area contributed by atoms with E-state index in [1.54, 1.807) is 30.6 Å². The fraction of sp³-hybridized carbons (Fsp3) is 0.625. The number of amides is 3. The van der Waals surface area contributed by atoms with Crippen LogP contribution in [-0.2, 0) is 19.1 Å². The molecule has 2 fully saturated rings. The van der Waals surface area contributed by atoms with Crippen LogP contribution in [0.4, 0.5) is 0 Å². The molecule has 9 heteroatoms. The molecular weight excluding hydrogens is 440 g/mol. The van der Waals surface area contributed by atoms with Gasteiger partial charge in [0.1, 0.15) is 18.3 Å². The van der Waals surface area contributed by atoms with E-state index in [0.29, 0.717) is 19.4 Å². The lowest BCUT2D eigenvalue weighted by molar-refractivity contribution is -0.150. The van der Waals surface area contributed by atoms with Gasteiger partial charge in [0.2, 0.25) is 17.7 Å². The third-order valence-electron chi connectivity index (χ3n) is 6.96. The summed E-state index contributed by atoms with van der Waals surface area (Å²) in [6.45, 7) is 6.10. The van der Waals surface area contributed by atoms with Crippen LogP contribution in [-0.4, -0.2) is 66.4 Å². The van der Waals surface area contributed by atoms with Crippen LogP contribution in [0, 0.1) is 5.41 Å². The predicted molar refractivity (Wildman–Crippen MR) is 127 cm³/mol. The average Bonchev–Trinajstić information content (AvgIpc) is 2.99.